The summed E-state index contributed by atoms with van der Waals surface area (Å²) in [5.41, 5.74) is 1.55. The smallest absolute Gasteiger partial charge is 0.335 e. The van der Waals surface area contributed by atoms with Gasteiger partial charge in [-0.05, 0) is 34.9 Å². The maximum Gasteiger partial charge on any atom is 0.335 e. The normalized spacial score (nSPS) is 26.2. The molecule has 1 aliphatic heterocycles. The lowest BCUT2D eigenvalue weighted by atomic mass is 10.1. The second-order valence-electron chi connectivity index (χ2n) is 6.51. The SMILES string of the molecule is CC1(C)C2CN(C(=O)Cc3ccc(C(=O)O)cc3)CC21. The van der Waals surface area contributed by atoms with E-state index < -0.39 is 5.97 Å². The van der Waals surface area contributed by atoms with Crippen molar-refractivity contribution >= 4 is 11.9 Å². The fourth-order valence-electron chi connectivity index (χ4n) is 3.39. The minimum absolute atomic E-state index is 0.149. The number of piperidine rings is 1. The number of benzene rings is 1. The molecule has 0 aromatic heterocycles. The van der Waals surface area contributed by atoms with Gasteiger partial charge in [-0.3, -0.25) is 4.79 Å². The van der Waals surface area contributed by atoms with Gasteiger partial charge in [0.05, 0.1) is 12.0 Å². The predicted molar refractivity (Wildman–Crippen MR) is 74.4 cm³/mol. The molecule has 2 atom stereocenters. The zero-order valence-corrected chi connectivity index (χ0v) is 11.8. The Morgan fingerprint density at radius 2 is 1.75 bits per heavy atom. The average molecular weight is 273 g/mol. The van der Waals surface area contributed by atoms with Crippen LogP contribution in [0, 0.1) is 17.3 Å². The Morgan fingerprint density at radius 1 is 1.20 bits per heavy atom. The zero-order valence-electron chi connectivity index (χ0n) is 11.8. The van der Waals surface area contributed by atoms with E-state index in [1.807, 2.05) is 4.90 Å². The number of hydrogen-bond acceptors (Lipinski definition) is 2. The Morgan fingerprint density at radius 3 is 2.25 bits per heavy atom. The van der Waals surface area contributed by atoms with Gasteiger partial charge in [0.1, 0.15) is 0 Å². The van der Waals surface area contributed by atoms with Gasteiger partial charge >= 0.3 is 5.97 Å². The summed E-state index contributed by atoms with van der Waals surface area (Å²) in [5.74, 6) is 0.544. The highest BCUT2D eigenvalue weighted by Gasteiger charge is 2.62. The standard InChI is InChI=1S/C16H19NO3/c1-16(2)12-8-17(9-13(12)16)14(18)7-10-3-5-11(6-4-10)15(19)20/h3-6,12-13H,7-9H2,1-2H3,(H,19,20). The van der Waals surface area contributed by atoms with Crippen molar-refractivity contribution in [3.63, 3.8) is 0 Å². The van der Waals surface area contributed by atoms with Gasteiger partial charge in [-0.1, -0.05) is 26.0 Å². The molecule has 0 spiro atoms. The van der Waals surface area contributed by atoms with Crippen molar-refractivity contribution in [2.24, 2.45) is 17.3 Å². The van der Waals surface area contributed by atoms with Crippen molar-refractivity contribution in [1.29, 1.82) is 0 Å². The fourth-order valence-corrected chi connectivity index (χ4v) is 3.39. The summed E-state index contributed by atoms with van der Waals surface area (Å²) < 4.78 is 0. The molecule has 106 valence electrons. The molecule has 4 nitrogen and oxygen atoms in total. The lowest BCUT2D eigenvalue weighted by molar-refractivity contribution is -0.130. The third-order valence-corrected chi connectivity index (χ3v) is 5.03. The van der Waals surface area contributed by atoms with Gasteiger partial charge in [0, 0.05) is 13.1 Å². The Hall–Kier alpha value is -1.84. The monoisotopic (exact) mass is 273 g/mol. The molecule has 2 aliphatic rings. The lowest BCUT2D eigenvalue weighted by Crippen LogP contribution is -2.33. The van der Waals surface area contributed by atoms with Crippen molar-refractivity contribution in [2.45, 2.75) is 20.3 Å². The summed E-state index contributed by atoms with van der Waals surface area (Å²) in [6, 6.07) is 6.55. The number of fused-ring (bicyclic) bond motifs is 1. The Labute approximate surface area is 118 Å². The van der Waals surface area contributed by atoms with E-state index in [2.05, 4.69) is 13.8 Å². The van der Waals surface area contributed by atoms with Crippen LogP contribution in [0.3, 0.4) is 0 Å². The van der Waals surface area contributed by atoms with Crippen LogP contribution in [0.4, 0.5) is 0 Å². The Kier molecular flexibility index (Phi) is 2.85. The van der Waals surface area contributed by atoms with Crippen LogP contribution < -0.4 is 0 Å². The zero-order chi connectivity index (χ0) is 14.5. The first-order chi connectivity index (χ1) is 9.39. The van der Waals surface area contributed by atoms with Crippen LogP contribution in [0.25, 0.3) is 0 Å². The van der Waals surface area contributed by atoms with E-state index in [0.29, 0.717) is 23.7 Å². The topological polar surface area (TPSA) is 57.6 Å². The molecule has 0 radical (unpaired) electrons. The van der Waals surface area contributed by atoms with Crippen LogP contribution in [0.2, 0.25) is 0 Å². The number of amides is 1. The summed E-state index contributed by atoms with van der Waals surface area (Å²) >= 11 is 0. The summed E-state index contributed by atoms with van der Waals surface area (Å²) in [6.07, 6.45) is 0.361. The van der Waals surface area contributed by atoms with E-state index >= 15 is 0 Å². The third kappa shape index (κ3) is 2.09. The van der Waals surface area contributed by atoms with Gasteiger partial charge < -0.3 is 10.0 Å². The molecule has 1 aliphatic carbocycles. The highest BCUT2D eigenvalue weighted by Crippen LogP contribution is 2.61. The number of nitrogens with zero attached hydrogens (tertiary/aromatic N) is 1. The second kappa shape index (κ2) is 4.33. The molecule has 20 heavy (non-hydrogen) atoms. The quantitative estimate of drug-likeness (QED) is 0.917. The van der Waals surface area contributed by atoms with E-state index in [0.717, 1.165) is 18.7 Å². The number of carbonyl (C=O) groups excluding carboxylic acids is 1. The van der Waals surface area contributed by atoms with Crippen molar-refractivity contribution < 1.29 is 14.7 Å². The number of carboxylic acids is 1. The first-order valence-corrected chi connectivity index (χ1v) is 6.99. The summed E-state index contributed by atoms with van der Waals surface area (Å²) in [5, 5.41) is 8.84. The molecule has 1 amide bonds. The highest BCUT2D eigenvalue weighted by molar-refractivity contribution is 5.87. The first kappa shape index (κ1) is 13.2. The fraction of sp³-hybridized carbons (Fsp3) is 0.500. The van der Waals surface area contributed by atoms with Crippen LogP contribution in [-0.4, -0.2) is 35.0 Å². The number of carbonyl (C=O) groups is 2. The highest BCUT2D eigenvalue weighted by atomic mass is 16.4. The van der Waals surface area contributed by atoms with Gasteiger partial charge in [-0.15, -0.1) is 0 Å². The van der Waals surface area contributed by atoms with E-state index in [1.165, 1.54) is 0 Å². The van der Waals surface area contributed by atoms with Crippen molar-refractivity contribution in [2.75, 3.05) is 13.1 Å². The van der Waals surface area contributed by atoms with Gasteiger partial charge in [0.25, 0.3) is 0 Å². The van der Waals surface area contributed by atoms with Crippen LogP contribution in [0.1, 0.15) is 29.8 Å². The minimum Gasteiger partial charge on any atom is -0.478 e. The van der Waals surface area contributed by atoms with Crippen LogP contribution in [0.5, 0.6) is 0 Å². The molecule has 2 fully saturated rings. The molecule has 1 aromatic rings. The molecule has 1 aromatic carbocycles. The summed E-state index contributed by atoms with van der Waals surface area (Å²) in [7, 11) is 0. The maximum atomic E-state index is 12.2. The number of carboxylic acid groups (broad SMARTS) is 1. The molecular formula is C16H19NO3. The largest absolute Gasteiger partial charge is 0.478 e. The number of aromatic carboxylic acids is 1. The molecule has 2 unspecified atom stereocenters. The van der Waals surface area contributed by atoms with Gasteiger partial charge in [-0.2, -0.15) is 0 Å². The number of hydrogen-bond donors (Lipinski definition) is 1. The molecule has 1 saturated heterocycles. The van der Waals surface area contributed by atoms with Gasteiger partial charge in [0.2, 0.25) is 5.91 Å². The molecular weight excluding hydrogens is 254 g/mol. The Bertz CT molecular complexity index is 548. The van der Waals surface area contributed by atoms with Gasteiger partial charge in [0.15, 0.2) is 0 Å². The molecule has 1 N–H and O–H groups in total. The number of rotatable bonds is 3. The summed E-state index contributed by atoms with van der Waals surface area (Å²) in [4.78, 5) is 24.9. The van der Waals surface area contributed by atoms with Crippen LogP contribution in [0.15, 0.2) is 24.3 Å². The minimum atomic E-state index is -0.940. The molecule has 3 rings (SSSR count). The second-order valence-corrected chi connectivity index (χ2v) is 6.51. The van der Waals surface area contributed by atoms with E-state index in [1.54, 1.807) is 24.3 Å². The number of likely N-dealkylation sites (tertiary alicyclic amines) is 1. The van der Waals surface area contributed by atoms with E-state index in [9.17, 15) is 9.59 Å². The van der Waals surface area contributed by atoms with Gasteiger partial charge in [-0.25, -0.2) is 4.79 Å². The predicted octanol–water partition coefficient (Wildman–Crippen LogP) is 2.04. The van der Waals surface area contributed by atoms with Crippen molar-refractivity contribution in [3.8, 4) is 0 Å². The maximum absolute atomic E-state index is 12.2. The van der Waals surface area contributed by atoms with E-state index in [-0.39, 0.29) is 11.5 Å². The van der Waals surface area contributed by atoms with Crippen molar-refractivity contribution in [1.82, 2.24) is 4.90 Å². The Balaban J connectivity index is 1.59. The van der Waals surface area contributed by atoms with Crippen LogP contribution in [-0.2, 0) is 11.2 Å². The molecule has 0 bridgehead atoms. The molecule has 4 heteroatoms. The molecule has 1 saturated carbocycles. The average Bonchev–Trinajstić information content (AvgIpc) is 2.80. The van der Waals surface area contributed by atoms with Crippen molar-refractivity contribution in [3.05, 3.63) is 35.4 Å². The summed E-state index contributed by atoms with van der Waals surface area (Å²) in [6.45, 7) is 6.30. The third-order valence-electron chi connectivity index (χ3n) is 5.03. The molecule has 1 heterocycles. The first-order valence-electron chi connectivity index (χ1n) is 6.99. The van der Waals surface area contributed by atoms with E-state index in [4.69, 9.17) is 5.11 Å². The lowest BCUT2D eigenvalue weighted by Gasteiger charge is -2.22. The van der Waals surface area contributed by atoms with Crippen LogP contribution >= 0.6 is 0 Å².